The van der Waals surface area contributed by atoms with Crippen molar-refractivity contribution in [3.63, 3.8) is 0 Å². The summed E-state index contributed by atoms with van der Waals surface area (Å²) in [7, 11) is 0. The number of nitrogens with zero attached hydrogens (tertiary/aromatic N) is 3. The van der Waals surface area contributed by atoms with E-state index in [2.05, 4.69) is 27.8 Å². The highest BCUT2D eigenvalue weighted by Crippen LogP contribution is 2.41. The highest BCUT2D eigenvalue weighted by atomic mass is 16.2. The number of rotatable bonds is 6. The normalized spacial score (nSPS) is 16.7. The number of nitrogens with two attached hydrogens (primary N) is 1. The molecule has 0 bridgehead atoms. The zero-order chi connectivity index (χ0) is 24.9. The Bertz CT molecular complexity index is 1260. The lowest BCUT2D eigenvalue weighted by Crippen LogP contribution is -2.43. The number of benzene rings is 2. The summed E-state index contributed by atoms with van der Waals surface area (Å²) in [5, 5.41) is 15.3. The van der Waals surface area contributed by atoms with E-state index >= 15 is 0 Å². The smallest absolute Gasteiger partial charge is 0.251 e. The Hall–Kier alpha value is -4.22. The van der Waals surface area contributed by atoms with Crippen LogP contribution in [0.1, 0.15) is 47.8 Å². The molecule has 3 aromatic rings. The highest BCUT2D eigenvalue weighted by molar-refractivity contribution is 5.95. The molecule has 0 spiro atoms. The number of carbonyl (C=O) groups excluding carboxylic acids is 2. The minimum Gasteiger partial charge on any atom is -0.363 e. The van der Waals surface area contributed by atoms with Crippen LogP contribution in [0, 0.1) is 11.3 Å². The minimum atomic E-state index is -0.155. The second-order valence-corrected chi connectivity index (χ2v) is 8.61. The van der Waals surface area contributed by atoms with Gasteiger partial charge in [-0.3, -0.25) is 9.59 Å². The molecule has 0 radical (unpaired) electrons. The molecule has 2 amide bonds. The molecule has 8 nitrogen and oxygen atoms in total. The maximum absolute atomic E-state index is 12.5. The van der Waals surface area contributed by atoms with Crippen LogP contribution in [0.3, 0.4) is 0 Å². The van der Waals surface area contributed by atoms with Crippen LogP contribution >= 0.6 is 0 Å². The van der Waals surface area contributed by atoms with E-state index in [1.54, 1.807) is 37.4 Å². The number of anilines is 2. The SMILES string of the molecule is CC(=O)N1c2ccc(-c3ccc(C(=O)NCCN)cc3)cc2C(Nc2ccc(C#N)cn2)CC1C. The minimum absolute atomic E-state index is 0.00528. The molecule has 1 aliphatic rings. The van der Waals surface area contributed by atoms with Crippen LogP contribution in [0.2, 0.25) is 0 Å². The van der Waals surface area contributed by atoms with E-state index < -0.39 is 0 Å². The molecule has 2 aromatic carbocycles. The van der Waals surface area contributed by atoms with Gasteiger partial charge in [0.1, 0.15) is 11.9 Å². The van der Waals surface area contributed by atoms with E-state index in [-0.39, 0.29) is 23.9 Å². The number of amides is 2. The van der Waals surface area contributed by atoms with Crippen molar-refractivity contribution < 1.29 is 9.59 Å². The van der Waals surface area contributed by atoms with Crippen LogP contribution in [-0.4, -0.2) is 35.9 Å². The van der Waals surface area contributed by atoms with E-state index in [0.29, 0.717) is 36.5 Å². The summed E-state index contributed by atoms with van der Waals surface area (Å²) in [6.07, 6.45) is 2.25. The molecule has 2 unspecified atom stereocenters. The van der Waals surface area contributed by atoms with Crippen molar-refractivity contribution in [2.45, 2.75) is 32.4 Å². The second-order valence-electron chi connectivity index (χ2n) is 8.61. The van der Waals surface area contributed by atoms with Gasteiger partial charge in [-0.05, 0) is 66.4 Å². The molecule has 0 fully saturated rings. The van der Waals surface area contributed by atoms with Gasteiger partial charge < -0.3 is 21.3 Å². The van der Waals surface area contributed by atoms with Gasteiger partial charge in [-0.15, -0.1) is 0 Å². The largest absolute Gasteiger partial charge is 0.363 e. The van der Waals surface area contributed by atoms with E-state index in [1.807, 2.05) is 36.1 Å². The predicted octanol–water partition coefficient (Wildman–Crippen LogP) is 3.61. The van der Waals surface area contributed by atoms with Gasteiger partial charge >= 0.3 is 0 Å². The third-order valence-electron chi connectivity index (χ3n) is 6.14. The number of fused-ring (bicyclic) bond motifs is 1. The molecule has 2 atom stereocenters. The maximum atomic E-state index is 12.5. The van der Waals surface area contributed by atoms with Crippen LogP contribution in [0.25, 0.3) is 11.1 Å². The molecule has 8 heteroatoms. The van der Waals surface area contributed by atoms with Crippen molar-refractivity contribution in [1.29, 1.82) is 5.26 Å². The Balaban J connectivity index is 1.67. The Morgan fingerprint density at radius 1 is 1.14 bits per heavy atom. The third kappa shape index (κ3) is 5.15. The molecule has 0 saturated heterocycles. The molecule has 1 aromatic heterocycles. The van der Waals surface area contributed by atoms with Gasteiger partial charge in [-0.25, -0.2) is 4.98 Å². The highest BCUT2D eigenvalue weighted by Gasteiger charge is 2.32. The van der Waals surface area contributed by atoms with Crippen molar-refractivity contribution in [2.24, 2.45) is 5.73 Å². The Morgan fingerprint density at radius 3 is 2.51 bits per heavy atom. The van der Waals surface area contributed by atoms with Gasteiger partial charge in [0.15, 0.2) is 0 Å². The topological polar surface area (TPSA) is 124 Å². The van der Waals surface area contributed by atoms with Crippen molar-refractivity contribution in [1.82, 2.24) is 10.3 Å². The summed E-state index contributed by atoms with van der Waals surface area (Å²) in [4.78, 5) is 30.8. The number of hydrogen-bond donors (Lipinski definition) is 3. The molecule has 0 saturated carbocycles. The van der Waals surface area contributed by atoms with Gasteiger partial charge in [0, 0.05) is 43.5 Å². The third-order valence-corrected chi connectivity index (χ3v) is 6.14. The average Bonchev–Trinajstić information content (AvgIpc) is 2.87. The first-order chi connectivity index (χ1) is 16.9. The van der Waals surface area contributed by atoms with Gasteiger partial charge in [0.25, 0.3) is 5.91 Å². The van der Waals surface area contributed by atoms with Crippen molar-refractivity contribution in [3.8, 4) is 17.2 Å². The lowest BCUT2D eigenvalue weighted by Gasteiger charge is -2.39. The van der Waals surface area contributed by atoms with E-state index in [9.17, 15) is 9.59 Å². The zero-order valence-electron chi connectivity index (χ0n) is 19.8. The number of nitriles is 1. The molecular formula is C27H28N6O2. The standard InChI is InChI=1S/C27H28N6O2/c1-17-13-24(32-26-10-3-19(15-29)16-31-26)23-14-22(8-9-25(23)33(17)18(2)34)20-4-6-21(7-5-20)27(35)30-12-11-28/h3-10,14,16-17,24H,11-13,28H2,1-2H3,(H,30,35)(H,31,32). The number of hydrogen-bond acceptors (Lipinski definition) is 6. The van der Waals surface area contributed by atoms with Crippen molar-refractivity contribution >= 4 is 23.3 Å². The fraction of sp³-hybridized carbons (Fsp3) is 0.259. The van der Waals surface area contributed by atoms with Crippen LogP contribution in [0.5, 0.6) is 0 Å². The number of nitrogens with one attached hydrogen (secondary N) is 2. The monoisotopic (exact) mass is 468 g/mol. The quantitative estimate of drug-likeness (QED) is 0.508. The van der Waals surface area contributed by atoms with Crippen molar-refractivity contribution in [2.75, 3.05) is 23.3 Å². The maximum Gasteiger partial charge on any atom is 0.251 e. The van der Waals surface area contributed by atoms with Crippen LogP contribution in [0.4, 0.5) is 11.5 Å². The summed E-state index contributed by atoms with van der Waals surface area (Å²) in [5.74, 6) is 0.508. The molecule has 4 rings (SSSR count). The molecule has 178 valence electrons. The van der Waals surface area contributed by atoms with Crippen molar-refractivity contribution in [3.05, 3.63) is 77.5 Å². The number of carbonyl (C=O) groups is 2. The second kappa shape index (κ2) is 10.4. The summed E-state index contributed by atoms with van der Waals surface area (Å²) >= 11 is 0. The summed E-state index contributed by atoms with van der Waals surface area (Å²) < 4.78 is 0. The van der Waals surface area contributed by atoms with Gasteiger partial charge in [-0.1, -0.05) is 18.2 Å². The van der Waals surface area contributed by atoms with E-state index in [4.69, 9.17) is 11.0 Å². The zero-order valence-corrected chi connectivity index (χ0v) is 19.8. The average molecular weight is 469 g/mol. The molecule has 0 aliphatic carbocycles. The Kier molecular flexibility index (Phi) is 7.09. The molecule has 4 N–H and O–H groups in total. The summed E-state index contributed by atoms with van der Waals surface area (Å²) in [6, 6.07) is 19.0. The van der Waals surface area contributed by atoms with E-state index in [1.165, 1.54) is 0 Å². The first-order valence-electron chi connectivity index (χ1n) is 11.6. The van der Waals surface area contributed by atoms with Gasteiger partial charge in [-0.2, -0.15) is 5.26 Å². The van der Waals surface area contributed by atoms with Crippen LogP contribution in [-0.2, 0) is 4.79 Å². The molecule has 2 heterocycles. The number of aromatic nitrogens is 1. The van der Waals surface area contributed by atoms with E-state index in [0.717, 1.165) is 22.4 Å². The lowest BCUT2D eigenvalue weighted by atomic mass is 9.89. The van der Waals surface area contributed by atoms with Gasteiger partial charge in [0.05, 0.1) is 11.6 Å². The summed E-state index contributed by atoms with van der Waals surface area (Å²) in [6.45, 7) is 4.44. The van der Waals surface area contributed by atoms with Gasteiger partial charge in [0.2, 0.25) is 5.91 Å². The molecule has 1 aliphatic heterocycles. The van der Waals surface area contributed by atoms with Crippen LogP contribution < -0.4 is 21.3 Å². The fourth-order valence-corrected chi connectivity index (χ4v) is 4.49. The summed E-state index contributed by atoms with van der Waals surface area (Å²) in [5.41, 5.74) is 10.3. The predicted molar refractivity (Wildman–Crippen MR) is 136 cm³/mol. The lowest BCUT2D eigenvalue weighted by molar-refractivity contribution is -0.117. The first-order valence-corrected chi connectivity index (χ1v) is 11.6. The Morgan fingerprint density at radius 2 is 1.89 bits per heavy atom. The molecule has 35 heavy (non-hydrogen) atoms. The fourth-order valence-electron chi connectivity index (χ4n) is 4.49. The number of pyridine rings is 1. The Labute approximate surface area is 204 Å². The van der Waals surface area contributed by atoms with Crippen LogP contribution in [0.15, 0.2) is 60.8 Å². The molecular weight excluding hydrogens is 440 g/mol. The first kappa shape index (κ1) is 23.9.